The number of halogens is 1. The summed E-state index contributed by atoms with van der Waals surface area (Å²) in [6, 6.07) is 8.52. The second-order valence-electron chi connectivity index (χ2n) is 4.64. The predicted octanol–water partition coefficient (Wildman–Crippen LogP) is 2.71. The Balaban J connectivity index is 2.51. The summed E-state index contributed by atoms with van der Waals surface area (Å²) in [6.07, 6.45) is 0. The number of benzene rings is 2. The number of nitriles is 1. The Hall–Kier alpha value is -2.99. The first-order valence-electron chi connectivity index (χ1n) is 6.22. The fraction of sp³-hybridized carbons (Fsp3) is 0.0714. The second-order valence-corrected chi connectivity index (χ2v) is 6.32. The third kappa shape index (κ3) is 3.44. The number of sulfonamides is 1. The fourth-order valence-corrected chi connectivity index (χ4v) is 2.87. The molecule has 0 aliphatic carbocycles. The number of aryl methyl sites for hydroxylation is 1. The standard InChI is InChI=1S/C14H10FN3O4S/c1-9-2-4-11(5-3-9)23(21,22)17-13-7-12(15)10(8-16)6-14(13)18(19)20/h2-7,17H,1H3. The molecular weight excluding hydrogens is 325 g/mol. The smallest absolute Gasteiger partial charge is 0.273 e. The van der Waals surface area contributed by atoms with E-state index in [4.69, 9.17) is 5.26 Å². The zero-order valence-electron chi connectivity index (χ0n) is 11.8. The van der Waals surface area contributed by atoms with Gasteiger partial charge in [-0.25, -0.2) is 12.8 Å². The summed E-state index contributed by atoms with van der Waals surface area (Å²) in [5, 5.41) is 19.7. The molecule has 9 heteroatoms. The van der Waals surface area contributed by atoms with Gasteiger partial charge in [0.1, 0.15) is 17.6 Å². The van der Waals surface area contributed by atoms with Crippen molar-refractivity contribution in [1.29, 1.82) is 5.26 Å². The molecule has 2 aromatic rings. The highest BCUT2D eigenvalue weighted by Crippen LogP contribution is 2.29. The topological polar surface area (TPSA) is 113 Å². The average Bonchev–Trinajstić information content (AvgIpc) is 2.47. The van der Waals surface area contributed by atoms with Crippen molar-refractivity contribution in [1.82, 2.24) is 0 Å². The lowest BCUT2D eigenvalue weighted by atomic mass is 10.2. The first-order valence-corrected chi connectivity index (χ1v) is 7.70. The maximum absolute atomic E-state index is 13.6. The van der Waals surface area contributed by atoms with Crippen molar-refractivity contribution in [3.63, 3.8) is 0 Å². The molecule has 0 bridgehead atoms. The Morgan fingerprint density at radius 2 is 1.87 bits per heavy atom. The number of rotatable bonds is 4. The molecule has 0 atom stereocenters. The molecule has 23 heavy (non-hydrogen) atoms. The first-order chi connectivity index (χ1) is 10.7. The van der Waals surface area contributed by atoms with Crippen LogP contribution in [0.5, 0.6) is 0 Å². The lowest BCUT2D eigenvalue weighted by Crippen LogP contribution is -2.14. The summed E-state index contributed by atoms with van der Waals surface area (Å²) in [5.74, 6) is -1.06. The number of hydrogen-bond acceptors (Lipinski definition) is 5. The normalized spacial score (nSPS) is 10.8. The third-order valence-corrected chi connectivity index (χ3v) is 4.36. The number of nitrogens with one attached hydrogen (secondary N) is 1. The van der Waals surface area contributed by atoms with Gasteiger partial charge in [0, 0.05) is 12.1 Å². The highest BCUT2D eigenvalue weighted by molar-refractivity contribution is 7.92. The first kappa shape index (κ1) is 16.4. The lowest BCUT2D eigenvalue weighted by Gasteiger charge is -2.09. The van der Waals surface area contributed by atoms with Crippen LogP contribution < -0.4 is 4.72 Å². The van der Waals surface area contributed by atoms with E-state index in [9.17, 15) is 22.9 Å². The highest BCUT2D eigenvalue weighted by Gasteiger charge is 2.23. The van der Waals surface area contributed by atoms with Gasteiger partial charge in [0.2, 0.25) is 0 Å². The molecule has 2 aromatic carbocycles. The highest BCUT2D eigenvalue weighted by atomic mass is 32.2. The van der Waals surface area contributed by atoms with E-state index in [-0.39, 0.29) is 4.90 Å². The average molecular weight is 335 g/mol. The minimum absolute atomic E-state index is 0.123. The van der Waals surface area contributed by atoms with E-state index >= 15 is 0 Å². The zero-order valence-corrected chi connectivity index (χ0v) is 12.6. The number of nitro benzene ring substituents is 1. The van der Waals surface area contributed by atoms with E-state index < -0.39 is 37.7 Å². The molecule has 0 aliphatic heterocycles. The van der Waals surface area contributed by atoms with Gasteiger partial charge in [-0.1, -0.05) is 17.7 Å². The molecule has 0 aromatic heterocycles. The Bertz CT molecular complexity index is 918. The van der Waals surface area contributed by atoms with E-state index in [0.717, 1.165) is 5.56 Å². The minimum atomic E-state index is -4.13. The van der Waals surface area contributed by atoms with Crippen molar-refractivity contribution in [3.05, 3.63) is 63.5 Å². The molecule has 0 amide bonds. The van der Waals surface area contributed by atoms with E-state index in [0.29, 0.717) is 12.1 Å². The summed E-state index contributed by atoms with van der Waals surface area (Å²) in [6.45, 7) is 1.77. The molecule has 0 heterocycles. The quantitative estimate of drug-likeness (QED) is 0.681. The van der Waals surface area contributed by atoms with Crippen LogP contribution in [0.1, 0.15) is 11.1 Å². The molecule has 0 unspecified atom stereocenters. The van der Waals surface area contributed by atoms with Crippen molar-refractivity contribution in [2.24, 2.45) is 0 Å². The van der Waals surface area contributed by atoms with E-state index in [2.05, 4.69) is 0 Å². The van der Waals surface area contributed by atoms with Gasteiger partial charge >= 0.3 is 0 Å². The molecule has 0 saturated carbocycles. The molecular formula is C14H10FN3O4S. The Kier molecular flexibility index (Phi) is 4.29. The van der Waals surface area contributed by atoms with Crippen LogP contribution in [-0.2, 0) is 10.0 Å². The number of hydrogen-bond donors (Lipinski definition) is 1. The molecule has 0 spiro atoms. The van der Waals surface area contributed by atoms with Crippen LogP contribution in [0.25, 0.3) is 0 Å². The molecule has 1 N–H and O–H groups in total. The molecule has 7 nitrogen and oxygen atoms in total. The molecule has 0 aliphatic rings. The summed E-state index contributed by atoms with van der Waals surface area (Å²) in [4.78, 5) is 9.99. The van der Waals surface area contributed by atoms with Gasteiger partial charge in [-0.05, 0) is 19.1 Å². The largest absolute Gasteiger partial charge is 0.294 e. The lowest BCUT2D eigenvalue weighted by molar-refractivity contribution is -0.384. The molecule has 0 saturated heterocycles. The van der Waals surface area contributed by atoms with Gasteiger partial charge < -0.3 is 0 Å². The Morgan fingerprint density at radius 1 is 1.26 bits per heavy atom. The summed E-state index contributed by atoms with van der Waals surface area (Å²) < 4.78 is 40.1. The van der Waals surface area contributed by atoms with Gasteiger partial charge in [-0.15, -0.1) is 0 Å². The van der Waals surface area contributed by atoms with Crippen molar-refractivity contribution in [3.8, 4) is 6.07 Å². The maximum Gasteiger partial charge on any atom is 0.294 e. The Morgan fingerprint density at radius 3 is 2.39 bits per heavy atom. The summed E-state index contributed by atoms with van der Waals surface area (Å²) >= 11 is 0. The SMILES string of the molecule is Cc1ccc(S(=O)(=O)Nc2cc(F)c(C#N)cc2[N+](=O)[O-])cc1. The van der Waals surface area contributed by atoms with Crippen molar-refractivity contribution < 1.29 is 17.7 Å². The predicted molar refractivity (Wildman–Crippen MR) is 79.8 cm³/mol. The van der Waals surface area contributed by atoms with Crippen LogP contribution in [0, 0.1) is 34.2 Å². The molecule has 0 fully saturated rings. The van der Waals surface area contributed by atoms with E-state index in [1.54, 1.807) is 19.1 Å². The van der Waals surface area contributed by atoms with Gasteiger partial charge in [0.15, 0.2) is 0 Å². The molecule has 2 rings (SSSR count). The molecule has 0 radical (unpaired) electrons. The number of nitro groups is 1. The van der Waals surface area contributed by atoms with Gasteiger partial charge in [0.05, 0.1) is 15.4 Å². The van der Waals surface area contributed by atoms with Crippen LogP contribution in [0.4, 0.5) is 15.8 Å². The van der Waals surface area contributed by atoms with Crippen molar-refractivity contribution in [2.45, 2.75) is 11.8 Å². The minimum Gasteiger partial charge on any atom is -0.273 e. The monoisotopic (exact) mass is 335 g/mol. The number of anilines is 1. The summed E-state index contributed by atoms with van der Waals surface area (Å²) in [7, 11) is -4.13. The number of nitrogens with zero attached hydrogens (tertiary/aromatic N) is 2. The van der Waals surface area contributed by atoms with Crippen molar-refractivity contribution in [2.75, 3.05) is 4.72 Å². The van der Waals surface area contributed by atoms with Gasteiger partial charge in [0.25, 0.3) is 15.7 Å². The van der Waals surface area contributed by atoms with Crippen LogP contribution in [-0.4, -0.2) is 13.3 Å². The van der Waals surface area contributed by atoms with Crippen LogP contribution in [0.15, 0.2) is 41.3 Å². The summed E-state index contributed by atoms with van der Waals surface area (Å²) in [5.41, 5.74) is -0.972. The van der Waals surface area contributed by atoms with Crippen LogP contribution in [0.2, 0.25) is 0 Å². The van der Waals surface area contributed by atoms with Gasteiger partial charge in [-0.2, -0.15) is 5.26 Å². The maximum atomic E-state index is 13.6. The van der Waals surface area contributed by atoms with E-state index in [1.165, 1.54) is 18.2 Å². The van der Waals surface area contributed by atoms with Crippen LogP contribution in [0.3, 0.4) is 0 Å². The van der Waals surface area contributed by atoms with Crippen LogP contribution >= 0.6 is 0 Å². The molecule has 118 valence electrons. The fourth-order valence-electron chi connectivity index (χ4n) is 1.80. The zero-order chi connectivity index (χ0) is 17.2. The Labute approximate surface area is 131 Å². The van der Waals surface area contributed by atoms with Gasteiger partial charge in [-0.3, -0.25) is 14.8 Å². The van der Waals surface area contributed by atoms with Crippen molar-refractivity contribution >= 4 is 21.4 Å². The van der Waals surface area contributed by atoms with E-state index in [1.807, 2.05) is 4.72 Å². The third-order valence-electron chi connectivity index (χ3n) is 2.98. The second kappa shape index (κ2) is 6.02.